The fourth-order valence-corrected chi connectivity index (χ4v) is 4.92. The van der Waals surface area contributed by atoms with Gasteiger partial charge in [-0.25, -0.2) is 4.98 Å². The minimum atomic E-state index is 0.917. The van der Waals surface area contributed by atoms with Crippen LogP contribution in [0, 0.1) is 19.3 Å². The number of para-hydroxylation sites is 1. The molecule has 0 spiro atoms. The van der Waals surface area contributed by atoms with Crippen LogP contribution in [0.4, 0.5) is 0 Å². The van der Waals surface area contributed by atoms with E-state index in [4.69, 9.17) is 11.4 Å². The van der Waals surface area contributed by atoms with E-state index in [1.165, 1.54) is 22.2 Å². The Kier molecular flexibility index (Phi) is 3.75. The first-order valence-corrected chi connectivity index (χ1v) is 10.6. The molecule has 0 N–H and O–H groups in total. The molecule has 2 aromatic carbocycles. The average molecular weight is 403 g/mol. The van der Waals surface area contributed by atoms with Gasteiger partial charge >= 0.3 is 0 Å². The van der Waals surface area contributed by atoms with Crippen LogP contribution in [0.2, 0.25) is 0 Å². The second kappa shape index (κ2) is 6.52. The predicted molar refractivity (Wildman–Crippen MR) is 128 cm³/mol. The molecule has 0 saturated carbocycles. The number of hydrogen-bond donors (Lipinski definition) is 0. The molecule has 0 unspecified atom stereocenters. The molecular formula is C27H22N4. The van der Waals surface area contributed by atoms with Gasteiger partial charge in [-0.1, -0.05) is 30.2 Å². The van der Waals surface area contributed by atoms with Gasteiger partial charge in [0.25, 0.3) is 0 Å². The first-order chi connectivity index (χ1) is 15.2. The number of nitrogens with zero attached hydrogens (tertiary/aromatic N) is 4. The van der Waals surface area contributed by atoms with E-state index in [9.17, 15) is 0 Å². The molecule has 3 aromatic heterocycles. The van der Waals surface area contributed by atoms with Crippen molar-refractivity contribution in [3.8, 4) is 18.0 Å². The molecule has 3 heterocycles. The van der Waals surface area contributed by atoms with Gasteiger partial charge in [0, 0.05) is 29.5 Å². The number of allylic oxidation sites excluding steroid dienone is 2. The molecule has 0 aliphatic heterocycles. The summed E-state index contributed by atoms with van der Waals surface area (Å²) in [6.45, 7) is 2.10. The maximum absolute atomic E-state index is 5.49. The van der Waals surface area contributed by atoms with Crippen LogP contribution in [-0.4, -0.2) is 18.5 Å². The molecule has 150 valence electrons. The van der Waals surface area contributed by atoms with Crippen molar-refractivity contribution in [3.63, 3.8) is 0 Å². The molecule has 0 fully saturated rings. The fraction of sp³-hybridized carbons (Fsp3) is 0.148. The molecule has 0 amide bonds. The average Bonchev–Trinajstić information content (AvgIpc) is 3.41. The molecule has 0 atom stereocenters. The molecule has 6 rings (SSSR count). The van der Waals surface area contributed by atoms with Crippen molar-refractivity contribution in [2.75, 3.05) is 0 Å². The van der Waals surface area contributed by atoms with Crippen LogP contribution in [-0.2, 0) is 13.5 Å². The van der Waals surface area contributed by atoms with Crippen molar-refractivity contribution in [1.82, 2.24) is 18.5 Å². The molecule has 0 radical (unpaired) electrons. The third kappa shape index (κ3) is 2.41. The van der Waals surface area contributed by atoms with Gasteiger partial charge in [-0.05, 0) is 67.8 Å². The summed E-state index contributed by atoms with van der Waals surface area (Å²) in [4.78, 5) is 4.89. The largest absolute Gasteiger partial charge is 0.317 e. The van der Waals surface area contributed by atoms with Crippen LogP contribution in [0.25, 0.3) is 45.6 Å². The van der Waals surface area contributed by atoms with E-state index >= 15 is 0 Å². The summed E-state index contributed by atoms with van der Waals surface area (Å²) in [7, 11) is 2.05. The van der Waals surface area contributed by atoms with E-state index in [0.29, 0.717) is 0 Å². The number of hydrogen-bond acceptors (Lipinski definition) is 1. The fourth-order valence-electron chi connectivity index (χ4n) is 4.92. The third-order valence-corrected chi connectivity index (χ3v) is 6.49. The lowest BCUT2D eigenvalue weighted by Crippen LogP contribution is -2.00. The number of imidazole rings is 2. The number of benzene rings is 2. The Morgan fingerprint density at radius 3 is 2.87 bits per heavy atom. The van der Waals surface area contributed by atoms with Crippen molar-refractivity contribution in [2.45, 2.75) is 19.8 Å². The van der Waals surface area contributed by atoms with Crippen molar-refractivity contribution in [2.24, 2.45) is 7.05 Å². The molecular weight excluding hydrogens is 380 g/mol. The molecule has 4 heteroatoms. The van der Waals surface area contributed by atoms with Crippen LogP contribution in [0.15, 0.2) is 54.6 Å². The maximum Gasteiger partial charge on any atom is 0.215 e. The zero-order chi connectivity index (χ0) is 21.1. The molecule has 5 aromatic rings. The topological polar surface area (TPSA) is 27.2 Å². The van der Waals surface area contributed by atoms with Gasteiger partial charge in [-0.15, -0.1) is 6.42 Å². The Labute approximate surface area is 180 Å². The second-order valence-electron chi connectivity index (χ2n) is 8.11. The smallest absolute Gasteiger partial charge is 0.215 e. The number of rotatable bonds is 2. The van der Waals surface area contributed by atoms with Crippen LogP contribution in [0.1, 0.15) is 29.1 Å². The van der Waals surface area contributed by atoms with Gasteiger partial charge in [0.15, 0.2) is 0 Å². The third-order valence-electron chi connectivity index (χ3n) is 6.49. The second-order valence-corrected chi connectivity index (χ2v) is 8.11. The van der Waals surface area contributed by atoms with Crippen molar-refractivity contribution in [3.05, 3.63) is 77.3 Å². The number of terminal acetylenes is 1. The Morgan fingerprint density at radius 2 is 2.00 bits per heavy atom. The summed E-state index contributed by atoms with van der Waals surface area (Å²) < 4.78 is 6.70. The zero-order valence-corrected chi connectivity index (χ0v) is 17.6. The zero-order valence-electron chi connectivity index (χ0n) is 17.6. The minimum Gasteiger partial charge on any atom is -0.317 e. The number of aromatic nitrogens is 4. The lowest BCUT2D eigenvalue weighted by Gasteiger charge is -2.12. The molecule has 1 aliphatic carbocycles. The molecule has 1 aliphatic rings. The first kappa shape index (κ1) is 17.9. The lowest BCUT2D eigenvalue weighted by molar-refractivity contribution is 0.898. The molecule has 0 saturated heterocycles. The van der Waals surface area contributed by atoms with E-state index < -0.39 is 0 Å². The van der Waals surface area contributed by atoms with Crippen molar-refractivity contribution >= 4 is 39.9 Å². The van der Waals surface area contributed by atoms with Gasteiger partial charge in [0.1, 0.15) is 0 Å². The van der Waals surface area contributed by atoms with E-state index in [0.717, 1.165) is 46.7 Å². The number of aryl methyl sites for hydroxylation is 2. The standard InChI is InChI=1S/C27H22N4/c1-4-5-12-23-18(2)29(3)27-28-22-16-15-19(17-26(22)31(23)27)30-24-13-8-6-10-20(24)21-11-7-9-14-25(21)30/h1,5-6,8-10,12-17H,7,11H2,2-3H3/b12-5-. The van der Waals surface area contributed by atoms with Crippen LogP contribution >= 0.6 is 0 Å². The van der Waals surface area contributed by atoms with E-state index in [1.807, 2.05) is 13.1 Å². The van der Waals surface area contributed by atoms with Crippen molar-refractivity contribution in [1.29, 1.82) is 0 Å². The first-order valence-electron chi connectivity index (χ1n) is 10.6. The van der Waals surface area contributed by atoms with E-state index in [-0.39, 0.29) is 0 Å². The predicted octanol–water partition coefficient (Wildman–Crippen LogP) is 5.68. The quantitative estimate of drug-likeness (QED) is 0.349. The Balaban J connectivity index is 1.69. The van der Waals surface area contributed by atoms with Gasteiger partial charge in [-0.2, -0.15) is 0 Å². The summed E-state index contributed by atoms with van der Waals surface area (Å²) >= 11 is 0. The summed E-state index contributed by atoms with van der Waals surface area (Å²) in [5.74, 6) is 3.53. The monoisotopic (exact) mass is 402 g/mol. The van der Waals surface area contributed by atoms with E-state index in [1.54, 1.807) is 6.08 Å². The summed E-state index contributed by atoms with van der Waals surface area (Å²) in [5, 5.41) is 1.34. The Bertz CT molecular complexity index is 1610. The molecule has 0 bridgehead atoms. The summed E-state index contributed by atoms with van der Waals surface area (Å²) in [5.41, 5.74) is 9.36. The highest BCUT2D eigenvalue weighted by Gasteiger charge is 2.20. The highest BCUT2D eigenvalue weighted by atomic mass is 15.2. The SMILES string of the molecule is C#C/C=C\c1c(C)n(C)c2nc3ccc(-n4c5c(c6ccccc64)CCC=C5)cc3n12. The molecule has 4 nitrogen and oxygen atoms in total. The van der Waals surface area contributed by atoms with Gasteiger partial charge in [0.2, 0.25) is 5.78 Å². The van der Waals surface area contributed by atoms with Gasteiger partial charge < -0.3 is 9.13 Å². The Hall–Kier alpha value is -3.97. The van der Waals surface area contributed by atoms with Crippen molar-refractivity contribution < 1.29 is 0 Å². The lowest BCUT2D eigenvalue weighted by atomic mass is 10.0. The minimum absolute atomic E-state index is 0.917. The molecule has 31 heavy (non-hydrogen) atoms. The van der Waals surface area contributed by atoms with Crippen LogP contribution in [0.3, 0.4) is 0 Å². The van der Waals surface area contributed by atoms with E-state index in [2.05, 4.69) is 81.0 Å². The normalized spacial score (nSPS) is 13.6. The number of fused-ring (bicyclic) bond motifs is 6. The van der Waals surface area contributed by atoms with Crippen LogP contribution < -0.4 is 0 Å². The highest BCUT2D eigenvalue weighted by molar-refractivity contribution is 5.92. The summed E-state index contributed by atoms with van der Waals surface area (Å²) in [6, 6.07) is 15.2. The van der Waals surface area contributed by atoms with Gasteiger partial charge in [0.05, 0.1) is 22.2 Å². The highest BCUT2D eigenvalue weighted by Crippen LogP contribution is 2.35. The Morgan fingerprint density at radius 1 is 1.13 bits per heavy atom. The van der Waals surface area contributed by atoms with Crippen LogP contribution in [0.5, 0.6) is 0 Å². The summed E-state index contributed by atoms with van der Waals surface area (Å²) in [6.07, 6.45) is 15.9. The maximum atomic E-state index is 5.49. The van der Waals surface area contributed by atoms with Gasteiger partial charge in [-0.3, -0.25) is 4.40 Å².